The largest absolute Gasteiger partial charge is 0.455 e. The highest BCUT2D eigenvalue weighted by Crippen LogP contribution is 2.39. The Bertz CT molecular complexity index is 1430. The summed E-state index contributed by atoms with van der Waals surface area (Å²) in [6, 6.07) is 40.0. The highest BCUT2D eigenvalue weighted by molar-refractivity contribution is 7.99. The maximum Gasteiger partial charge on any atom is 0.311 e. The van der Waals surface area contributed by atoms with Crippen molar-refractivity contribution >= 4 is 17.7 Å². The van der Waals surface area contributed by atoms with Gasteiger partial charge in [0.15, 0.2) is 6.10 Å². The molecule has 0 bridgehead atoms. The van der Waals surface area contributed by atoms with Crippen molar-refractivity contribution in [3.63, 3.8) is 0 Å². The van der Waals surface area contributed by atoms with Crippen LogP contribution in [0.25, 0.3) is 0 Å². The average molecular weight is 627 g/mol. The molecular formula is C38H42O6S. The Morgan fingerprint density at radius 2 is 1.11 bits per heavy atom. The summed E-state index contributed by atoms with van der Waals surface area (Å²) in [7, 11) is 0. The van der Waals surface area contributed by atoms with Crippen molar-refractivity contribution in [1.29, 1.82) is 0 Å². The molecule has 0 N–H and O–H groups in total. The Balaban J connectivity index is 1.48. The first kappa shape index (κ1) is 32.9. The highest BCUT2D eigenvalue weighted by atomic mass is 32.2. The predicted octanol–water partition coefficient (Wildman–Crippen LogP) is 7.85. The van der Waals surface area contributed by atoms with E-state index in [9.17, 15) is 4.79 Å². The van der Waals surface area contributed by atoms with Gasteiger partial charge >= 0.3 is 5.97 Å². The third-order valence-corrected chi connectivity index (χ3v) is 8.56. The van der Waals surface area contributed by atoms with Gasteiger partial charge in [-0.2, -0.15) is 0 Å². The van der Waals surface area contributed by atoms with Crippen molar-refractivity contribution in [3.05, 3.63) is 138 Å². The van der Waals surface area contributed by atoms with Crippen LogP contribution in [0.15, 0.2) is 126 Å². The van der Waals surface area contributed by atoms with Gasteiger partial charge in [0.25, 0.3) is 0 Å². The predicted molar refractivity (Wildman–Crippen MR) is 176 cm³/mol. The van der Waals surface area contributed by atoms with Gasteiger partial charge in [0.2, 0.25) is 0 Å². The van der Waals surface area contributed by atoms with Crippen LogP contribution < -0.4 is 0 Å². The van der Waals surface area contributed by atoms with Crippen molar-refractivity contribution in [3.8, 4) is 0 Å². The van der Waals surface area contributed by atoms with E-state index in [4.69, 9.17) is 23.7 Å². The summed E-state index contributed by atoms with van der Waals surface area (Å²) in [4.78, 5) is 14.4. The normalized spacial score (nSPS) is 21.7. The van der Waals surface area contributed by atoms with Crippen molar-refractivity contribution in [1.82, 2.24) is 0 Å². The SMILES string of the molecule is CC(C)(C)C(=O)O[C@@H]1[C@@H](OCc2ccccc2)[C@H](OCc2ccccc2)[C@@H](COCc2ccccc2)O[C@H]1Sc1ccccc1. The van der Waals surface area contributed by atoms with E-state index < -0.39 is 35.3 Å². The van der Waals surface area contributed by atoms with E-state index in [0.717, 1.165) is 21.6 Å². The molecular weight excluding hydrogens is 584 g/mol. The van der Waals surface area contributed by atoms with Gasteiger partial charge in [-0.05, 0) is 49.6 Å². The third kappa shape index (κ3) is 9.76. The number of thioether (sulfide) groups is 1. The lowest BCUT2D eigenvalue weighted by Gasteiger charge is -2.46. The second kappa shape index (κ2) is 16.2. The molecule has 0 radical (unpaired) electrons. The standard InChI is InChI=1S/C38H42O6S/c1-38(2,3)37(39)44-35-34(42-26-30-20-12-6-13-21-30)33(41-25-29-18-10-5-11-19-29)32(27-40-24-28-16-8-4-9-17-28)43-36(35)45-31-22-14-7-15-23-31/h4-23,32-36H,24-27H2,1-3H3/t32-,33-,34+,35-,36+/m1/s1. The third-order valence-electron chi connectivity index (χ3n) is 7.41. The van der Waals surface area contributed by atoms with E-state index in [1.165, 1.54) is 11.8 Å². The van der Waals surface area contributed by atoms with Crippen LogP contribution in [0, 0.1) is 5.41 Å². The van der Waals surface area contributed by atoms with E-state index in [1.54, 1.807) is 0 Å². The maximum absolute atomic E-state index is 13.4. The Kier molecular flexibility index (Phi) is 11.9. The topological polar surface area (TPSA) is 63.2 Å². The molecule has 0 aliphatic carbocycles. The quantitative estimate of drug-likeness (QED) is 0.140. The Morgan fingerprint density at radius 1 is 0.644 bits per heavy atom. The van der Waals surface area contributed by atoms with E-state index in [-0.39, 0.29) is 12.6 Å². The van der Waals surface area contributed by atoms with E-state index in [2.05, 4.69) is 0 Å². The van der Waals surface area contributed by atoms with Gasteiger partial charge in [-0.1, -0.05) is 121 Å². The van der Waals surface area contributed by atoms with E-state index in [0.29, 0.717) is 19.8 Å². The zero-order valence-electron chi connectivity index (χ0n) is 26.1. The number of carbonyl (C=O) groups excluding carboxylic acids is 1. The van der Waals surface area contributed by atoms with Gasteiger partial charge in [-0.15, -0.1) is 0 Å². The number of carbonyl (C=O) groups is 1. The van der Waals surface area contributed by atoms with Gasteiger partial charge in [-0.3, -0.25) is 4.79 Å². The molecule has 1 aliphatic heterocycles. The van der Waals surface area contributed by atoms with Crippen molar-refractivity contribution in [2.45, 2.75) is 75.3 Å². The minimum atomic E-state index is -0.753. The van der Waals surface area contributed by atoms with Crippen LogP contribution in [0.5, 0.6) is 0 Å². The molecule has 236 valence electrons. The summed E-state index contributed by atoms with van der Waals surface area (Å²) in [5, 5.41) is 0. The Labute approximate surface area is 271 Å². The first-order chi connectivity index (χ1) is 21.9. The van der Waals surface area contributed by atoms with Gasteiger partial charge in [0.1, 0.15) is 23.7 Å². The molecule has 5 rings (SSSR count). The molecule has 4 aromatic rings. The van der Waals surface area contributed by atoms with Crippen LogP contribution in [0.4, 0.5) is 0 Å². The molecule has 45 heavy (non-hydrogen) atoms. The minimum absolute atomic E-state index is 0.269. The van der Waals surface area contributed by atoms with E-state index in [1.807, 2.05) is 142 Å². The fourth-order valence-corrected chi connectivity index (χ4v) is 6.08. The summed E-state index contributed by atoms with van der Waals surface area (Å²) >= 11 is 1.51. The van der Waals surface area contributed by atoms with Crippen molar-refractivity contribution in [2.24, 2.45) is 5.41 Å². The molecule has 0 saturated carbocycles. The summed E-state index contributed by atoms with van der Waals surface area (Å²) in [5.74, 6) is -0.330. The minimum Gasteiger partial charge on any atom is -0.455 e. The van der Waals surface area contributed by atoms with Crippen molar-refractivity contribution in [2.75, 3.05) is 6.61 Å². The summed E-state index contributed by atoms with van der Waals surface area (Å²) < 4.78 is 32.7. The molecule has 5 atom stereocenters. The van der Waals surface area contributed by atoms with Crippen molar-refractivity contribution < 1.29 is 28.5 Å². The molecule has 0 spiro atoms. The summed E-state index contributed by atoms with van der Waals surface area (Å²) in [6.07, 6.45) is -2.48. The number of hydrogen-bond donors (Lipinski definition) is 0. The molecule has 0 unspecified atom stereocenters. The van der Waals surface area contributed by atoms with Gasteiger partial charge in [-0.25, -0.2) is 0 Å². The molecule has 1 saturated heterocycles. The van der Waals surface area contributed by atoms with Crippen LogP contribution in [0.3, 0.4) is 0 Å². The van der Waals surface area contributed by atoms with Gasteiger partial charge < -0.3 is 23.7 Å². The monoisotopic (exact) mass is 626 g/mol. The first-order valence-electron chi connectivity index (χ1n) is 15.4. The Morgan fingerprint density at radius 3 is 1.62 bits per heavy atom. The second-order valence-electron chi connectivity index (χ2n) is 12.1. The highest BCUT2D eigenvalue weighted by Gasteiger charge is 2.50. The zero-order chi connectivity index (χ0) is 31.5. The molecule has 0 amide bonds. The average Bonchev–Trinajstić information content (AvgIpc) is 3.06. The van der Waals surface area contributed by atoms with Crippen LogP contribution >= 0.6 is 11.8 Å². The van der Waals surface area contributed by atoms with Crippen LogP contribution in [0.1, 0.15) is 37.5 Å². The lowest BCUT2D eigenvalue weighted by molar-refractivity contribution is -0.251. The first-order valence-corrected chi connectivity index (χ1v) is 16.3. The van der Waals surface area contributed by atoms with Gasteiger partial charge in [0.05, 0.1) is 31.8 Å². The molecule has 1 aliphatic rings. The maximum atomic E-state index is 13.4. The Hall–Kier alpha value is -3.46. The smallest absolute Gasteiger partial charge is 0.311 e. The number of rotatable bonds is 13. The molecule has 6 nitrogen and oxygen atoms in total. The zero-order valence-corrected chi connectivity index (χ0v) is 26.9. The summed E-state index contributed by atoms with van der Waals surface area (Å²) in [6.45, 7) is 6.91. The van der Waals surface area contributed by atoms with Crippen LogP contribution in [0.2, 0.25) is 0 Å². The number of ether oxygens (including phenoxy) is 5. The molecule has 0 aromatic heterocycles. The lowest BCUT2D eigenvalue weighted by atomic mass is 9.95. The lowest BCUT2D eigenvalue weighted by Crippen LogP contribution is -2.61. The molecule has 1 fully saturated rings. The molecule has 1 heterocycles. The summed E-state index contributed by atoms with van der Waals surface area (Å²) in [5.41, 5.74) is 1.81. The van der Waals surface area contributed by atoms with E-state index >= 15 is 0 Å². The van der Waals surface area contributed by atoms with Crippen LogP contribution in [-0.2, 0) is 48.3 Å². The van der Waals surface area contributed by atoms with Gasteiger partial charge in [0, 0.05) is 4.90 Å². The second-order valence-corrected chi connectivity index (χ2v) is 13.3. The fourth-order valence-electron chi connectivity index (χ4n) is 4.96. The molecule has 4 aromatic carbocycles. The van der Waals surface area contributed by atoms with Crippen LogP contribution in [-0.4, -0.2) is 42.4 Å². The number of benzene rings is 4. The fraction of sp³-hybridized carbons (Fsp3) is 0.342. The number of esters is 1. The number of hydrogen-bond acceptors (Lipinski definition) is 7. The molecule has 7 heteroatoms.